The Morgan fingerprint density at radius 1 is 1.06 bits per heavy atom. The maximum atomic E-state index is 12.8. The summed E-state index contributed by atoms with van der Waals surface area (Å²) in [6, 6.07) is 11.9. The van der Waals surface area contributed by atoms with Crippen LogP contribution in [0, 0.1) is 5.82 Å². The van der Waals surface area contributed by atoms with E-state index in [4.69, 9.17) is 17.3 Å². The number of rotatable bonds is 2. The van der Waals surface area contributed by atoms with Gasteiger partial charge in [-0.25, -0.2) is 4.39 Å². The molecule has 82 valence electrons. The van der Waals surface area contributed by atoms with Crippen molar-refractivity contribution in [2.75, 3.05) is 0 Å². The molecule has 1 nitrogen and oxygen atoms in total. The molecule has 0 heterocycles. The molecule has 0 aliphatic carbocycles. The van der Waals surface area contributed by atoms with Gasteiger partial charge in [0.15, 0.2) is 0 Å². The maximum Gasteiger partial charge on any atom is 0.123 e. The van der Waals surface area contributed by atoms with Gasteiger partial charge >= 0.3 is 0 Å². The summed E-state index contributed by atoms with van der Waals surface area (Å²) >= 11 is 6.13. The van der Waals surface area contributed by atoms with Crippen LogP contribution in [0.4, 0.5) is 4.39 Å². The van der Waals surface area contributed by atoms with Crippen LogP contribution in [-0.4, -0.2) is 0 Å². The third-order valence-electron chi connectivity index (χ3n) is 2.42. The number of benzene rings is 2. The Bertz CT molecular complexity index is 494. The van der Waals surface area contributed by atoms with Gasteiger partial charge in [-0.05, 0) is 29.3 Å². The van der Waals surface area contributed by atoms with Crippen molar-refractivity contribution >= 4 is 11.6 Å². The lowest BCUT2D eigenvalue weighted by molar-refractivity contribution is 0.628. The summed E-state index contributed by atoms with van der Waals surface area (Å²) in [5.41, 5.74) is 8.29. The van der Waals surface area contributed by atoms with Gasteiger partial charge in [-0.3, -0.25) is 0 Å². The van der Waals surface area contributed by atoms with E-state index in [9.17, 15) is 4.39 Å². The molecule has 0 atom stereocenters. The largest absolute Gasteiger partial charge is 0.326 e. The van der Waals surface area contributed by atoms with Crippen molar-refractivity contribution in [1.29, 1.82) is 0 Å². The quantitative estimate of drug-likeness (QED) is 0.846. The van der Waals surface area contributed by atoms with E-state index in [2.05, 4.69) is 0 Å². The first kappa shape index (κ1) is 11.1. The van der Waals surface area contributed by atoms with Crippen LogP contribution in [0.15, 0.2) is 42.5 Å². The lowest BCUT2D eigenvalue weighted by Gasteiger charge is -2.06. The van der Waals surface area contributed by atoms with Crippen LogP contribution in [0.25, 0.3) is 11.1 Å². The van der Waals surface area contributed by atoms with Crippen molar-refractivity contribution in [3.63, 3.8) is 0 Å². The highest BCUT2D eigenvalue weighted by molar-refractivity contribution is 6.33. The fourth-order valence-electron chi connectivity index (χ4n) is 1.55. The molecule has 16 heavy (non-hydrogen) atoms. The Morgan fingerprint density at radius 3 is 2.31 bits per heavy atom. The monoisotopic (exact) mass is 235 g/mol. The van der Waals surface area contributed by atoms with Gasteiger partial charge in [0, 0.05) is 17.1 Å². The normalized spacial score (nSPS) is 10.4. The highest BCUT2D eigenvalue weighted by Gasteiger charge is 2.04. The second-order valence-corrected chi connectivity index (χ2v) is 3.93. The van der Waals surface area contributed by atoms with Gasteiger partial charge in [0.2, 0.25) is 0 Å². The zero-order valence-corrected chi connectivity index (χ0v) is 9.34. The molecule has 2 aromatic carbocycles. The van der Waals surface area contributed by atoms with Crippen molar-refractivity contribution < 1.29 is 4.39 Å². The molecule has 2 rings (SSSR count). The summed E-state index contributed by atoms with van der Waals surface area (Å²) in [5, 5.41) is 0.634. The molecule has 0 fully saturated rings. The Morgan fingerprint density at radius 2 is 1.75 bits per heavy atom. The van der Waals surface area contributed by atoms with Gasteiger partial charge in [-0.15, -0.1) is 0 Å². The smallest absolute Gasteiger partial charge is 0.123 e. The van der Waals surface area contributed by atoms with Crippen molar-refractivity contribution in [2.24, 2.45) is 5.73 Å². The van der Waals surface area contributed by atoms with E-state index in [1.807, 2.05) is 18.2 Å². The van der Waals surface area contributed by atoms with E-state index >= 15 is 0 Å². The molecule has 0 bridgehead atoms. The van der Waals surface area contributed by atoms with Crippen LogP contribution in [0.2, 0.25) is 5.02 Å². The molecular weight excluding hydrogens is 225 g/mol. The number of hydrogen-bond acceptors (Lipinski definition) is 1. The van der Waals surface area contributed by atoms with Crippen LogP contribution in [0.3, 0.4) is 0 Å². The maximum absolute atomic E-state index is 12.8. The van der Waals surface area contributed by atoms with Crippen molar-refractivity contribution in [2.45, 2.75) is 6.54 Å². The number of nitrogens with two attached hydrogens (primary N) is 1. The molecule has 0 aromatic heterocycles. The van der Waals surface area contributed by atoms with Crippen LogP contribution in [0.5, 0.6) is 0 Å². The summed E-state index contributed by atoms with van der Waals surface area (Å²) in [6.45, 7) is 0.462. The summed E-state index contributed by atoms with van der Waals surface area (Å²) < 4.78 is 12.8. The first-order chi connectivity index (χ1) is 7.70. The van der Waals surface area contributed by atoms with Gasteiger partial charge < -0.3 is 5.73 Å². The summed E-state index contributed by atoms with van der Waals surface area (Å²) in [6.07, 6.45) is 0. The minimum Gasteiger partial charge on any atom is -0.326 e. The third kappa shape index (κ3) is 2.23. The van der Waals surface area contributed by atoms with Gasteiger partial charge in [0.05, 0.1) is 0 Å². The second kappa shape index (κ2) is 4.64. The molecule has 0 amide bonds. The average molecular weight is 236 g/mol. The lowest BCUT2D eigenvalue weighted by Crippen LogP contribution is -1.95. The summed E-state index contributed by atoms with van der Waals surface area (Å²) in [7, 11) is 0. The molecule has 0 aliphatic rings. The zero-order chi connectivity index (χ0) is 11.5. The second-order valence-electron chi connectivity index (χ2n) is 3.53. The topological polar surface area (TPSA) is 26.0 Å². The predicted octanol–water partition coefficient (Wildman–Crippen LogP) is 3.60. The van der Waals surface area contributed by atoms with E-state index in [1.54, 1.807) is 12.1 Å². The van der Waals surface area contributed by atoms with Crippen LogP contribution in [-0.2, 0) is 6.54 Å². The molecule has 2 N–H and O–H groups in total. The summed E-state index contributed by atoms with van der Waals surface area (Å²) in [5.74, 6) is -0.251. The Hall–Kier alpha value is -1.38. The van der Waals surface area contributed by atoms with Crippen LogP contribution in [0.1, 0.15) is 5.56 Å². The zero-order valence-electron chi connectivity index (χ0n) is 8.58. The highest BCUT2D eigenvalue weighted by Crippen LogP contribution is 2.28. The third-order valence-corrected chi connectivity index (χ3v) is 2.74. The molecule has 0 unspecified atom stereocenters. The van der Waals surface area contributed by atoms with Gasteiger partial charge in [0.25, 0.3) is 0 Å². The minimum atomic E-state index is -0.251. The minimum absolute atomic E-state index is 0.251. The Balaban J connectivity index is 2.44. The van der Waals surface area contributed by atoms with Crippen LogP contribution >= 0.6 is 11.6 Å². The van der Waals surface area contributed by atoms with Gasteiger partial charge in [-0.1, -0.05) is 35.9 Å². The average Bonchev–Trinajstić information content (AvgIpc) is 2.30. The van der Waals surface area contributed by atoms with Crippen molar-refractivity contribution in [3.8, 4) is 11.1 Å². The van der Waals surface area contributed by atoms with Crippen molar-refractivity contribution in [1.82, 2.24) is 0 Å². The van der Waals surface area contributed by atoms with Gasteiger partial charge in [0.1, 0.15) is 5.82 Å². The first-order valence-electron chi connectivity index (χ1n) is 4.95. The number of hydrogen-bond donors (Lipinski definition) is 1. The molecular formula is C13H11ClFN. The highest BCUT2D eigenvalue weighted by atomic mass is 35.5. The molecule has 2 aromatic rings. The van der Waals surface area contributed by atoms with E-state index < -0.39 is 0 Å². The summed E-state index contributed by atoms with van der Waals surface area (Å²) in [4.78, 5) is 0. The molecule has 0 saturated carbocycles. The van der Waals surface area contributed by atoms with E-state index in [-0.39, 0.29) is 5.82 Å². The van der Waals surface area contributed by atoms with Crippen LogP contribution < -0.4 is 5.73 Å². The molecule has 0 spiro atoms. The molecule has 0 saturated heterocycles. The fourth-order valence-corrected chi connectivity index (χ4v) is 1.86. The SMILES string of the molecule is NCc1ccc(-c2ccc(F)cc2)c(Cl)c1. The fraction of sp³-hybridized carbons (Fsp3) is 0.0769. The molecule has 0 aliphatic heterocycles. The van der Waals surface area contributed by atoms with Crippen molar-refractivity contribution in [3.05, 3.63) is 58.9 Å². The lowest BCUT2D eigenvalue weighted by atomic mass is 10.0. The first-order valence-corrected chi connectivity index (χ1v) is 5.33. The predicted molar refractivity (Wildman–Crippen MR) is 64.7 cm³/mol. The van der Waals surface area contributed by atoms with E-state index in [1.165, 1.54) is 12.1 Å². The molecule has 3 heteroatoms. The van der Waals surface area contributed by atoms with Gasteiger partial charge in [-0.2, -0.15) is 0 Å². The molecule has 0 radical (unpaired) electrons. The number of halogens is 2. The standard InChI is InChI=1S/C13H11ClFN/c14-13-7-9(8-16)1-6-12(13)10-2-4-11(15)5-3-10/h1-7H,8,16H2. The Labute approximate surface area is 98.7 Å². The Kier molecular flexibility index (Phi) is 3.22. The van der Waals surface area contributed by atoms with E-state index in [0.29, 0.717) is 11.6 Å². The van der Waals surface area contributed by atoms with E-state index in [0.717, 1.165) is 16.7 Å².